The van der Waals surface area contributed by atoms with Crippen molar-refractivity contribution < 1.29 is 9.53 Å². The highest BCUT2D eigenvalue weighted by Crippen LogP contribution is 2.36. The molecule has 2 unspecified atom stereocenters. The van der Waals surface area contributed by atoms with E-state index in [4.69, 9.17) is 10.5 Å². The molecule has 0 saturated carbocycles. The van der Waals surface area contributed by atoms with Crippen LogP contribution in [0.5, 0.6) is 5.75 Å². The van der Waals surface area contributed by atoms with Gasteiger partial charge in [-0.2, -0.15) is 0 Å². The van der Waals surface area contributed by atoms with Crippen LogP contribution in [0.2, 0.25) is 0 Å². The van der Waals surface area contributed by atoms with E-state index < -0.39 is 0 Å². The van der Waals surface area contributed by atoms with Crippen molar-refractivity contribution in [3.05, 3.63) is 28.8 Å². The molecular weight excluding hydrogens is 228 g/mol. The quantitative estimate of drug-likeness (QED) is 0.851. The average Bonchev–Trinajstić information content (AvgIpc) is 2.76. The molecule has 0 aliphatic carbocycles. The number of fused-ring (bicyclic) bond motifs is 1. The van der Waals surface area contributed by atoms with Crippen LogP contribution in [0.25, 0.3) is 0 Å². The molecule has 4 heteroatoms. The lowest BCUT2D eigenvalue weighted by Crippen LogP contribution is -2.36. The van der Waals surface area contributed by atoms with Crippen molar-refractivity contribution in [1.29, 1.82) is 0 Å². The molecule has 3 N–H and O–H groups in total. The van der Waals surface area contributed by atoms with Gasteiger partial charge in [0.2, 0.25) is 5.91 Å². The fraction of sp³-hybridized carbons (Fsp3) is 0.500. The average molecular weight is 248 g/mol. The van der Waals surface area contributed by atoms with Gasteiger partial charge in [0.25, 0.3) is 0 Å². The summed E-state index contributed by atoms with van der Waals surface area (Å²) in [6.07, 6.45) is 0. The molecule has 0 aromatic heterocycles. The fourth-order valence-corrected chi connectivity index (χ4v) is 2.07. The molecule has 1 heterocycles. The summed E-state index contributed by atoms with van der Waals surface area (Å²) in [5.41, 5.74) is 8.91. The van der Waals surface area contributed by atoms with Gasteiger partial charge in [0.05, 0.1) is 6.04 Å². The van der Waals surface area contributed by atoms with Gasteiger partial charge in [-0.25, -0.2) is 0 Å². The van der Waals surface area contributed by atoms with Gasteiger partial charge in [-0.05, 0) is 25.0 Å². The summed E-state index contributed by atoms with van der Waals surface area (Å²) in [5.74, 6) is 0.735. The number of benzene rings is 1. The third-order valence-corrected chi connectivity index (χ3v) is 3.59. The minimum Gasteiger partial charge on any atom is -0.490 e. The molecule has 98 valence electrons. The molecule has 0 spiro atoms. The second kappa shape index (κ2) is 4.98. The third kappa shape index (κ3) is 2.20. The summed E-state index contributed by atoms with van der Waals surface area (Å²) < 4.78 is 5.69. The maximum absolute atomic E-state index is 11.8. The number of aryl methyl sites for hydroxylation is 1. The zero-order chi connectivity index (χ0) is 13.3. The van der Waals surface area contributed by atoms with E-state index in [0.717, 1.165) is 16.9 Å². The van der Waals surface area contributed by atoms with Crippen LogP contribution in [-0.4, -0.2) is 19.1 Å². The summed E-state index contributed by atoms with van der Waals surface area (Å²) in [7, 11) is 0. The van der Waals surface area contributed by atoms with Crippen LogP contribution in [0.3, 0.4) is 0 Å². The number of rotatable bonds is 3. The Morgan fingerprint density at radius 2 is 2.28 bits per heavy atom. The normalized spacial score (nSPS) is 19.0. The molecule has 0 fully saturated rings. The molecule has 1 aromatic carbocycles. The summed E-state index contributed by atoms with van der Waals surface area (Å²) in [6, 6.07) is 4.04. The maximum Gasteiger partial charge on any atom is 0.224 e. The predicted molar refractivity (Wildman–Crippen MR) is 70.5 cm³/mol. The first-order chi connectivity index (χ1) is 8.54. The number of carbonyl (C=O) groups excluding carboxylic acids is 1. The lowest BCUT2D eigenvalue weighted by Gasteiger charge is -2.15. The third-order valence-electron chi connectivity index (χ3n) is 3.59. The maximum atomic E-state index is 11.8. The van der Waals surface area contributed by atoms with Crippen LogP contribution in [0.4, 0.5) is 0 Å². The van der Waals surface area contributed by atoms with E-state index in [2.05, 4.69) is 18.3 Å². The Hall–Kier alpha value is -1.55. The van der Waals surface area contributed by atoms with E-state index in [9.17, 15) is 4.79 Å². The Kier molecular flexibility index (Phi) is 3.57. The van der Waals surface area contributed by atoms with Crippen LogP contribution < -0.4 is 15.8 Å². The largest absolute Gasteiger partial charge is 0.490 e. The number of carbonyl (C=O) groups is 1. The van der Waals surface area contributed by atoms with E-state index in [0.29, 0.717) is 13.2 Å². The molecule has 1 aromatic rings. The molecule has 2 rings (SSSR count). The van der Waals surface area contributed by atoms with Crippen molar-refractivity contribution >= 4 is 5.91 Å². The van der Waals surface area contributed by atoms with Gasteiger partial charge in [0, 0.05) is 18.0 Å². The second-order valence-corrected chi connectivity index (χ2v) is 4.93. The van der Waals surface area contributed by atoms with Crippen LogP contribution in [0.1, 0.15) is 29.7 Å². The van der Waals surface area contributed by atoms with Crippen molar-refractivity contribution in [2.75, 3.05) is 13.2 Å². The highest BCUT2D eigenvalue weighted by atomic mass is 16.5. The summed E-state index contributed by atoms with van der Waals surface area (Å²) in [6.45, 7) is 6.79. The van der Waals surface area contributed by atoms with Crippen molar-refractivity contribution in [3.63, 3.8) is 0 Å². The smallest absolute Gasteiger partial charge is 0.224 e. The minimum absolute atomic E-state index is 0.0165. The SMILES string of the molecule is Cc1ccc2c(c1C)OCC2NC(=O)C(C)CN. The van der Waals surface area contributed by atoms with E-state index in [1.54, 1.807) is 0 Å². The molecule has 0 bridgehead atoms. The van der Waals surface area contributed by atoms with Crippen molar-refractivity contribution in [2.24, 2.45) is 11.7 Å². The Bertz CT molecular complexity index is 471. The number of hydrogen-bond donors (Lipinski definition) is 2. The lowest BCUT2D eigenvalue weighted by atomic mass is 10.0. The highest BCUT2D eigenvalue weighted by Gasteiger charge is 2.28. The van der Waals surface area contributed by atoms with Crippen LogP contribution >= 0.6 is 0 Å². The monoisotopic (exact) mass is 248 g/mol. The first kappa shape index (κ1) is 12.9. The number of nitrogens with two attached hydrogens (primary N) is 1. The van der Waals surface area contributed by atoms with E-state index in [-0.39, 0.29) is 17.9 Å². The second-order valence-electron chi connectivity index (χ2n) is 4.93. The standard InChI is InChI=1S/C14H20N2O2/c1-8-4-5-11-12(7-18-13(11)10(8)3)16-14(17)9(2)6-15/h4-5,9,12H,6-7,15H2,1-3H3,(H,16,17). The van der Waals surface area contributed by atoms with Gasteiger partial charge < -0.3 is 15.8 Å². The number of hydrogen-bond acceptors (Lipinski definition) is 3. The Balaban J connectivity index is 2.18. The zero-order valence-electron chi connectivity index (χ0n) is 11.1. The Labute approximate surface area is 108 Å². The summed E-state index contributed by atoms with van der Waals surface area (Å²) in [5, 5.41) is 2.99. The molecule has 1 amide bonds. The zero-order valence-corrected chi connectivity index (χ0v) is 11.1. The fourth-order valence-electron chi connectivity index (χ4n) is 2.07. The molecule has 2 atom stereocenters. The van der Waals surface area contributed by atoms with E-state index >= 15 is 0 Å². The van der Waals surface area contributed by atoms with E-state index in [1.165, 1.54) is 5.56 Å². The van der Waals surface area contributed by atoms with Gasteiger partial charge in [-0.15, -0.1) is 0 Å². The molecule has 1 aliphatic heterocycles. The van der Waals surface area contributed by atoms with Crippen molar-refractivity contribution in [1.82, 2.24) is 5.32 Å². The summed E-state index contributed by atoms with van der Waals surface area (Å²) >= 11 is 0. The van der Waals surface area contributed by atoms with E-state index in [1.807, 2.05) is 19.9 Å². The van der Waals surface area contributed by atoms with Gasteiger partial charge >= 0.3 is 0 Å². The molecule has 0 radical (unpaired) electrons. The van der Waals surface area contributed by atoms with Crippen molar-refractivity contribution in [2.45, 2.75) is 26.8 Å². The first-order valence-electron chi connectivity index (χ1n) is 6.28. The van der Waals surface area contributed by atoms with Gasteiger partial charge in [-0.3, -0.25) is 4.79 Å². The lowest BCUT2D eigenvalue weighted by molar-refractivity contribution is -0.125. The Morgan fingerprint density at radius 3 is 2.94 bits per heavy atom. The molecular formula is C14H20N2O2. The van der Waals surface area contributed by atoms with Gasteiger partial charge in [-0.1, -0.05) is 19.1 Å². The topological polar surface area (TPSA) is 64.3 Å². The minimum atomic E-state index is -0.166. The number of nitrogens with one attached hydrogen (secondary N) is 1. The summed E-state index contributed by atoms with van der Waals surface area (Å²) in [4.78, 5) is 11.8. The van der Waals surface area contributed by atoms with Gasteiger partial charge in [0.15, 0.2) is 0 Å². The molecule has 1 aliphatic rings. The highest BCUT2D eigenvalue weighted by molar-refractivity contribution is 5.79. The molecule has 18 heavy (non-hydrogen) atoms. The van der Waals surface area contributed by atoms with Crippen LogP contribution in [0, 0.1) is 19.8 Å². The van der Waals surface area contributed by atoms with Gasteiger partial charge in [0.1, 0.15) is 12.4 Å². The van der Waals surface area contributed by atoms with Crippen LogP contribution in [-0.2, 0) is 4.79 Å². The molecule has 4 nitrogen and oxygen atoms in total. The predicted octanol–water partition coefficient (Wildman–Crippen LogP) is 1.45. The molecule has 0 saturated heterocycles. The first-order valence-corrected chi connectivity index (χ1v) is 6.28. The number of ether oxygens (including phenoxy) is 1. The number of amides is 1. The van der Waals surface area contributed by atoms with Crippen LogP contribution in [0.15, 0.2) is 12.1 Å². The van der Waals surface area contributed by atoms with Crippen molar-refractivity contribution in [3.8, 4) is 5.75 Å². The Morgan fingerprint density at radius 1 is 1.56 bits per heavy atom.